The number of thiophene rings is 1. The van der Waals surface area contributed by atoms with Crippen LogP contribution in [0.15, 0.2) is 34.8 Å². The summed E-state index contributed by atoms with van der Waals surface area (Å²) in [6.07, 6.45) is 2.65. The lowest BCUT2D eigenvalue weighted by Crippen LogP contribution is -2.17. The maximum Gasteiger partial charge on any atom is 0.0931 e. The first-order valence-electron chi connectivity index (χ1n) is 7.09. The number of nitrogens with zero attached hydrogens (tertiary/aromatic N) is 1. The normalized spacial score (nSPS) is 14.4. The molecule has 1 aliphatic rings. The second-order valence-electron chi connectivity index (χ2n) is 5.50. The van der Waals surface area contributed by atoms with Crippen LogP contribution in [0.3, 0.4) is 0 Å². The Morgan fingerprint density at radius 3 is 2.76 bits per heavy atom. The number of benzene rings is 1. The molecule has 0 saturated heterocycles. The van der Waals surface area contributed by atoms with Gasteiger partial charge in [0.1, 0.15) is 0 Å². The topological polar surface area (TPSA) is 15.3 Å². The fourth-order valence-corrected chi connectivity index (χ4v) is 4.15. The van der Waals surface area contributed by atoms with Gasteiger partial charge in [-0.2, -0.15) is 0 Å². The molecule has 1 fully saturated rings. The van der Waals surface area contributed by atoms with Gasteiger partial charge in [-0.25, -0.2) is 0 Å². The van der Waals surface area contributed by atoms with Gasteiger partial charge in [-0.15, -0.1) is 11.3 Å². The van der Waals surface area contributed by atoms with Gasteiger partial charge < -0.3 is 10.2 Å². The third kappa shape index (κ3) is 4.22. The van der Waals surface area contributed by atoms with Crippen LogP contribution in [0, 0.1) is 0 Å². The molecule has 0 aliphatic heterocycles. The van der Waals surface area contributed by atoms with Crippen molar-refractivity contribution in [3.8, 4) is 0 Å². The maximum atomic E-state index is 5.99. The molecule has 0 bridgehead atoms. The molecule has 1 saturated carbocycles. The number of hydrogen-bond acceptors (Lipinski definition) is 3. The van der Waals surface area contributed by atoms with Gasteiger partial charge in [0.15, 0.2) is 0 Å². The number of rotatable bonds is 6. The molecule has 1 aromatic carbocycles. The molecule has 21 heavy (non-hydrogen) atoms. The van der Waals surface area contributed by atoms with Crippen LogP contribution < -0.4 is 10.2 Å². The van der Waals surface area contributed by atoms with Gasteiger partial charge in [-0.05, 0) is 58.6 Å². The summed E-state index contributed by atoms with van der Waals surface area (Å²) >= 11 is 11.3. The molecule has 1 N–H and O–H groups in total. The van der Waals surface area contributed by atoms with E-state index in [1.807, 2.05) is 6.07 Å². The Kier molecular flexibility index (Phi) is 4.89. The predicted molar refractivity (Wildman–Crippen MR) is 95.4 cm³/mol. The minimum absolute atomic E-state index is 0.745. The van der Waals surface area contributed by atoms with Crippen LogP contribution in [0.2, 0.25) is 4.34 Å². The lowest BCUT2D eigenvalue weighted by Gasteiger charge is -2.20. The lowest BCUT2D eigenvalue weighted by atomic mass is 10.2. The molecule has 5 heteroatoms. The van der Waals surface area contributed by atoms with E-state index in [1.165, 1.54) is 29.0 Å². The summed E-state index contributed by atoms with van der Waals surface area (Å²) in [6, 6.07) is 11.4. The highest BCUT2D eigenvalue weighted by Gasteiger charge is 2.20. The summed E-state index contributed by atoms with van der Waals surface area (Å²) in [7, 11) is 2.11. The van der Waals surface area contributed by atoms with E-state index in [1.54, 1.807) is 11.3 Å². The van der Waals surface area contributed by atoms with E-state index in [0.29, 0.717) is 0 Å². The standard InChI is InChI=1S/C16H18BrClN2S/c1-20(10-13-5-7-16(18)21-13)15-6-2-11(8-14(15)17)9-19-12-3-4-12/h2,5-8,12,19H,3-4,9-10H2,1H3. The summed E-state index contributed by atoms with van der Waals surface area (Å²) in [4.78, 5) is 3.51. The molecule has 0 radical (unpaired) electrons. The van der Waals surface area contributed by atoms with Crippen LogP contribution in [-0.2, 0) is 13.1 Å². The van der Waals surface area contributed by atoms with E-state index >= 15 is 0 Å². The van der Waals surface area contributed by atoms with Gasteiger partial charge in [0.2, 0.25) is 0 Å². The van der Waals surface area contributed by atoms with Gasteiger partial charge >= 0.3 is 0 Å². The van der Waals surface area contributed by atoms with Crippen LogP contribution in [-0.4, -0.2) is 13.1 Å². The zero-order valence-electron chi connectivity index (χ0n) is 11.9. The number of halogens is 2. The number of hydrogen-bond donors (Lipinski definition) is 1. The van der Waals surface area contributed by atoms with Crippen molar-refractivity contribution in [2.24, 2.45) is 0 Å². The van der Waals surface area contributed by atoms with Crippen LogP contribution in [0.5, 0.6) is 0 Å². The van der Waals surface area contributed by atoms with Gasteiger partial charge in [-0.1, -0.05) is 17.7 Å². The molecule has 2 nitrogen and oxygen atoms in total. The monoisotopic (exact) mass is 384 g/mol. The highest BCUT2D eigenvalue weighted by molar-refractivity contribution is 9.10. The van der Waals surface area contributed by atoms with Gasteiger partial charge in [0.25, 0.3) is 0 Å². The van der Waals surface area contributed by atoms with Crippen LogP contribution in [0.4, 0.5) is 5.69 Å². The zero-order valence-corrected chi connectivity index (χ0v) is 15.1. The minimum atomic E-state index is 0.745. The van der Waals surface area contributed by atoms with Crippen molar-refractivity contribution in [1.29, 1.82) is 0 Å². The number of anilines is 1. The Morgan fingerprint density at radius 2 is 2.14 bits per heavy atom. The predicted octanol–water partition coefficient (Wildman–Crippen LogP) is 5.05. The smallest absolute Gasteiger partial charge is 0.0931 e. The van der Waals surface area contributed by atoms with Gasteiger partial charge in [0.05, 0.1) is 16.6 Å². The average molecular weight is 386 g/mol. The molecular weight excluding hydrogens is 368 g/mol. The van der Waals surface area contributed by atoms with Crippen molar-refractivity contribution in [2.75, 3.05) is 11.9 Å². The average Bonchev–Trinajstić information content (AvgIpc) is 3.19. The third-order valence-corrected chi connectivity index (χ3v) is 5.47. The minimum Gasteiger partial charge on any atom is -0.369 e. The van der Waals surface area contributed by atoms with Crippen molar-refractivity contribution < 1.29 is 0 Å². The molecule has 3 rings (SSSR count). The van der Waals surface area contributed by atoms with Crippen molar-refractivity contribution in [2.45, 2.75) is 32.0 Å². The van der Waals surface area contributed by atoms with Crippen LogP contribution >= 0.6 is 38.9 Å². The summed E-state index contributed by atoms with van der Waals surface area (Å²) in [5.74, 6) is 0. The molecule has 112 valence electrons. The quantitative estimate of drug-likeness (QED) is 0.748. The molecule has 0 amide bonds. The van der Waals surface area contributed by atoms with Crippen LogP contribution in [0.25, 0.3) is 0 Å². The first kappa shape index (κ1) is 15.3. The van der Waals surface area contributed by atoms with E-state index in [0.717, 1.165) is 27.9 Å². The summed E-state index contributed by atoms with van der Waals surface area (Å²) < 4.78 is 1.99. The molecule has 0 unspecified atom stereocenters. The molecule has 2 aromatic rings. The van der Waals surface area contributed by atoms with E-state index in [4.69, 9.17) is 11.6 Å². The second kappa shape index (κ2) is 6.69. The first-order valence-corrected chi connectivity index (χ1v) is 9.08. The summed E-state index contributed by atoms with van der Waals surface area (Å²) in [5, 5.41) is 3.54. The highest BCUT2D eigenvalue weighted by Crippen LogP contribution is 2.30. The second-order valence-corrected chi connectivity index (χ2v) is 8.16. The van der Waals surface area contributed by atoms with Gasteiger partial charge in [-0.3, -0.25) is 0 Å². The largest absolute Gasteiger partial charge is 0.369 e. The lowest BCUT2D eigenvalue weighted by molar-refractivity contribution is 0.687. The summed E-state index contributed by atoms with van der Waals surface area (Å²) in [6.45, 7) is 1.82. The molecule has 0 spiro atoms. The third-order valence-electron chi connectivity index (χ3n) is 3.62. The Hall–Kier alpha value is -0.550. The maximum absolute atomic E-state index is 5.99. The van der Waals surface area contributed by atoms with E-state index in [-0.39, 0.29) is 0 Å². The fourth-order valence-electron chi connectivity index (χ4n) is 2.28. The molecule has 1 aliphatic carbocycles. The highest BCUT2D eigenvalue weighted by atomic mass is 79.9. The van der Waals surface area contributed by atoms with Crippen molar-refractivity contribution in [3.63, 3.8) is 0 Å². The van der Waals surface area contributed by atoms with Crippen molar-refractivity contribution >= 4 is 44.6 Å². The molecular formula is C16H18BrClN2S. The summed E-state index contributed by atoms with van der Waals surface area (Å²) in [5.41, 5.74) is 2.53. The molecule has 0 atom stereocenters. The molecule has 1 heterocycles. The molecule has 1 aromatic heterocycles. The van der Waals surface area contributed by atoms with E-state index in [2.05, 4.69) is 57.5 Å². The fraction of sp³-hybridized carbons (Fsp3) is 0.375. The van der Waals surface area contributed by atoms with Gasteiger partial charge in [0, 0.05) is 29.0 Å². The Balaban J connectivity index is 1.65. The van der Waals surface area contributed by atoms with Crippen molar-refractivity contribution in [1.82, 2.24) is 5.32 Å². The Labute approximate surface area is 143 Å². The van der Waals surface area contributed by atoms with Crippen LogP contribution in [0.1, 0.15) is 23.3 Å². The number of nitrogens with one attached hydrogen (secondary N) is 1. The zero-order chi connectivity index (χ0) is 14.8. The van der Waals surface area contributed by atoms with Crippen molar-refractivity contribution in [3.05, 3.63) is 49.6 Å². The first-order chi connectivity index (χ1) is 10.1. The van der Waals surface area contributed by atoms with E-state index in [9.17, 15) is 0 Å². The van der Waals surface area contributed by atoms with E-state index < -0.39 is 0 Å². The Bertz CT molecular complexity index is 624. The Morgan fingerprint density at radius 1 is 1.33 bits per heavy atom. The SMILES string of the molecule is CN(Cc1ccc(Cl)s1)c1ccc(CNC2CC2)cc1Br.